The molecule has 3 aliphatic rings. The van der Waals surface area contributed by atoms with Gasteiger partial charge in [-0.2, -0.15) is 5.10 Å². The molecule has 3 saturated carbocycles. The quantitative estimate of drug-likeness (QED) is 0.842. The zero-order chi connectivity index (χ0) is 17.5. The molecule has 7 heteroatoms. The van der Waals surface area contributed by atoms with Crippen LogP contribution in [0.3, 0.4) is 0 Å². The van der Waals surface area contributed by atoms with Crippen LogP contribution < -0.4 is 4.74 Å². The topological polar surface area (TPSA) is 88.1 Å². The molecule has 0 spiro atoms. The number of ether oxygens (including phenoxy) is 1. The summed E-state index contributed by atoms with van der Waals surface area (Å²) in [4.78, 5) is 15.9. The molecule has 0 atom stereocenters. The number of H-pyrrole nitrogens is 1. The van der Waals surface area contributed by atoms with E-state index in [9.17, 15) is 9.90 Å². The summed E-state index contributed by atoms with van der Waals surface area (Å²) < 4.78 is 5.99. The first-order valence-electron chi connectivity index (χ1n) is 8.54. The number of aromatic amines is 1. The Labute approximate surface area is 150 Å². The monoisotopic (exact) mass is 361 g/mol. The average molecular weight is 362 g/mol. The number of hydrogen-bond donors (Lipinski definition) is 2. The van der Waals surface area contributed by atoms with Gasteiger partial charge in [-0.25, -0.2) is 0 Å². The predicted octanol–water partition coefficient (Wildman–Crippen LogP) is 3.93. The standard InChI is InChI=1S/C18H20ClN3O3/c19-13-10-21-22-15(13)14-2-1-12(9-20-14)25-11-17-3-6-18(7-4-17,8-5-17)16(23)24/h1-2,9-10H,3-8,11H2,(H,21,22)(H,23,24). The van der Waals surface area contributed by atoms with E-state index in [-0.39, 0.29) is 5.41 Å². The Kier molecular flexibility index (Phi) is 3.95. The molecule has 2 aromatic heterocycles. The number of aromatic nitrogens is 3. The fraction of sp³-hybridized carbons (Fsp3) is 0.500. The van der Waals surface area contributed by atoms with Crippen molar-refractivity contribution in [2.75, 3.05) is 6.61 Å². The number of carboxylic acid groups (broad SMARTS) is 1. The first-order chi connectivity index (χ1) is 12.0. The van der Waals surface area contributed by atoms with E-state index in [4.69, 9.17) is 16.3 Å². The number of aliphatic carboxylic acids is 1. The van der Waals surface area contributed by atoms with Gasteiger partial charge in [0.25, 0.3) is 0 Å². The zero-order valence-electron chi connectivity index (χ0n) is 13.8. The lowest BCUT2D eigenvalue weighted by atomic mass is 9.54. The van der Waals surface area contributed by atoms with Crippen LogP contribution in [0.1, 0.15) is 38.5 Å². The number of fused-ring (bicyclic) bond motifs is 3. The SMILES string of the molecule is O=C(O)C12CCC(COc3ccc(-c4[nH]ncc4Cl)nc3)(CC1)CC2. The van der Waals surface area contributed by atoms with Crippen molar-refractivity contribution >= 4 is 17.6 Å². The van der Waals surface area contributed by atoms with Gasteiger partial charge in [-0.1, -0.05) is 11.6 Å². The van der Waals surface area contributed by atoms with Gasteiger partial charge in [0.2, 0.25) is 0 Å². The van der Waals surface area contributed by atoms with Gasteiger partial charge < -0.3 is 9.84 Å². The summed E-state index contributed by atoms with van der Waals surface area (Å²) in [6.07, 6.45) is 8.31. The fourth-order valence-electron chi connectivity index (χ4n) is 4.10. The summed E-state index contributed by atoms with van der Waals surface area (Å²) in [5.41, 5.74) is 1.04. The van der Waals surface area contributed by atoms with Gasteiger partial charge in [0.05, 0.1) is 35.1 Å². The van der Waals surface area contributed by atoms with E-state index in [1.54, 1.807) is 12.4 Å². The maximum absolute atomic E-state index is 11.5. The van der Waals surface area contributed by atoms with Crippen LogP contribution in [-0.2, 0) is 4.79 Å². The third-order valence-electron chi connectivity index (χ3n) is 5.99. The number of carboxylic acids is 1. The van der Waals surface area contributed by atoms with Crippen molar-refractivity contribution in [3.05, 3.63) is 29.5 Å². The molecule has 2 N–H and O–H groups in total. The minimum absolute atomic E-state index is 0.114. The molecule has 0 aromatic carbocycles. The molecule has 0 aliphatic heterocycles. The van der Waals surface area contributed by atoms with Crippen LogP contribution in [0.4, 0.5) is 0 Å². The average Bonchev–Trinajstić information content (AvgIpc) is 3.08. The van der Waals surface area contributed by atoms with Gasteiger partial charge in [0, 0.05) is 5.41 Å². The molecule has 0 saturated heterocycles. The predicted molar refractivity (Wildman–Crippen MR) is 92.5 cm³/mol. The molecule has 0 unspecified atom stereocenters. The van der Waals surface area contributed by atoms with Gasteiger partial charge in [-0.05, 0) is 50.7 Å². The van der Waals surface area contributed by atoms with Crippen molar-refractivity contribution in [1.29, 1.82) is 0 Å². The zero-order valence-corrected chi connectivity index (χ0v) is 14.6. The van der Waals surface area contributed by atoms with Gasteiger partial charge >= 0.3 is 5.97 Å². The van der Waals surface area contributed by atoms with E-state index in [0.717, 1.165) is 50.0 Å². The van der Waals surface area contributed by atoms with E-state index in [1.165, 1.54) is 0 Å². The van der Waals surface area contributed by atoms with Gasteiger partial charge in [0.15, 0.2) is 0 Å². The van der Waals surface area contributed by atoms with Crippen LogP contribution in [0.25, 0.3) is 11.4 Å². The molecule has 2 aromatic rings. The van der Waals surface area contributed by atoms with Crippen LogP contribution >= 0.6 is 11.6 Å². The smallest absolute Gasteiger partial charge is 0.309 e. The molecule has 132 valence electrons. The second-order valence-corrected chi connectivity index (χ2v) is 7.75. The Hall–Kier alpha value is -2.08. The molecule has 0 radical (unpaired) electrons. The Morgan fingerprint density at radius 2 is 1.92 bits per heavy atom. The molecule has 2 bridgehead atoms. The van der Waals surface area contributed by atoms with E-state index in [1.807, 2.05) is 12.1 Å². The number of hydrogen-bond acceptors (Lipinski definition) is 4. The largest absolute Gasteiger partial charge is 0.491 e. The van der Waals surface area contributed by atoms with Crippen molar-refractivity contribution < 1.29 is 14.6 Å². The van der Waals surface area contributed by atoms with Crippen LogP contribution in [0.15, 0.2) is 24.5 Å². The van der Waals surface area contributed by atoms with Crippen molar-refractivity contribution in [2.24, 2.45) is 10.8 Å². The first-order valence-corrected chi connectivity index (χ1v) is 8.91. The van der Waals surface area contributed by atoms with Gasteiger partial charge in [-0.3, -0.25) is 14.9 Å². The van der Waals surface area contributed by atoms with Crippen LogP contribution in [0.5, 0.6) is 5.75 Å². The molecular formula is C18H20ClN3O3. The summed E-state index contributed by atoms with van der Waals surface area (Å²) in [5.74, 6) is 0.0911. The Balaban J connectivity index is 1.39. The van der Waals surface area contributed by atoms with Crippen LogP contribution in [0, 0.1) is 10.8 Å². The summed E-state index contributed by atoms with van der Waals surface area (Å²) in [7, 11) is 0. The minimum Gasteiger partial charge on any atom is -0.491 e. The highest BCUT2D eigenvalue weighted by molar-refractivity contribution is 6.32. The van der Waals surface area contributed by atoms with Gasteiger partial charge in [0.1, 0.15) is 11.4 Å². The highest BCUT2D eigenvalue weighted by Crippen LogP contribution is 2.57. The molecular weight excluding hydrogens is 342 g/mol. The summed E-state index contributed by atoms with van der Waals surface area (Å²) in [6.45, 7) is 0.620. The summed E-state index contributed by atoms with van der Waals surface area (Å²) >= 11 is 6.05. The lowest BCUT2D eigenvalue weighted by Crippen LogP contribution is -2.48. The third kappa shape index (κ3) is 2.88. The van der Waals surface area contributed by atoms with E-state index in [2.05, 4.69) is 15.2 Å². The molecule has 3 fully saturated rings. The maximum Gasteiger partial charge on any atom is 0.309 e. The molecule has 6 nitrogen and oxygen atoms in total. The Morgan fingerprint density at radius 3 is 2.44 bits per heavy atom. The number of nitrogens with one attached hydrogen (secondary N) is 1. The molecule has 5 rings (SSSR count). The Morgan fingerprint density at radius 1 is 1.20 bits per heavy atom. The summed E-state index contributed by atoms with van der Waals surface area (Å²) in [5, 5.41) is 16.7. The summed E-state index contributed by atoms with van der Waals surface area (Å²) in [6, 6.07) is 3.73. The van der Waals surface area contributed by atoms with Crippen molar-refractivity contribution in [1.82, 2.24) is 15.2 Å². The van der Waals surface area contributed by atoms with E-state index in [0.29, 0.717) is 17.3 Å². The van der Waals surface area contributed by atoms with Gasteiger partial charge in [-0.15, -0.1) is 0 Å². The second-order valence-electron chi connectivity index (χ2n) is 7.35. The van der Waals surface area contributed by atoms with E-state index >= 15 is 0 Å². The number of halogens is 1. The fourth-order valence-corrected chi connectivity index (χ4v) is 4.29. The second kappa shape index (κ2) is 6.02. The molecule has 0 amide bonds. The highest BCUT2D eigenvalue weighted by atomic mass is 35.5. The minimum atomic E-state index is -0.626. The normalized spacial score (nSPS) is 28.0. The van der Waals surface area contributed by atoms with Crippen molar-refractivity contribution in [2.45, 2.75) is 38.5 Å². The highest BCUT2D eigenvalue weighted by Gasteiger charge is 2.52. The first kappa shape index (κ1) is 16.4. The maximum atomic E-state index is 11.5. The lowest BCUT2D eigenvalue weighted by molar-refractivity contribution is -0.160. The number of nitrogens with zero attached hydrogens (tertiary/aromatic N) is 2. The molecule has 2 heterocycles. The number of rotatable bonds is 5. The van der Waals surface area contributed by atoms with Crippen molar-refractivity contribution in [3.8, 4) is 17.1 Å². The molecule has 3 aliphatic carbocycles. The molecule has 25 heavy (non-hydrogen) atoms. The lowest BCUT2D eigenvalue weighted by Gasteiger charge is -2.51. The van der Waals surface area contributed by atoms with E-state index < -0.39 is 11.4 Å². The van der Waals surface area contributed by atoms with Crippen LogP contribution in [0.2, 0.25) is 5.02 Å². The Bertz CT molecular complexity index is 763. The van der Waals surface area contributed by atoms with Crippen molar-refractivity contribution in [3.63, 3.8) is 0 Å². The third-order valence-corrected chi connectivity index (χ3v) is 6.27. The van der Waals surface area contributed by atoms with Crippen LogP contribution in [-0.4, -0.2) is 32.9 Å². The number of pyridine rings is 1. The number of carbonyl (C=O) groups is 1.